The fourth-order valence-electron chi connectivity index (χ4n) is 3.29. The maximum absolute atomic E-state index is 12.7. The Kier molecular flexibility index (Phi) is 6.22. The van der Waals surface area contributed by atoms with Crippen molar-refractivity contribution in [1.29, 1.82) is 0 Å². The fraction of sp³-hybridized carbons (Fsp3) is 0.421. The smallest absolute Gasteiger partial charge is 0.233 e. The highest BCUT2D eigenvalue weighted by Crippen LogP contribution is 2.34. The Morgan fingerprint density at radius 2 is 1.96 bits per heavy atom. The summed E-state index contributed by atoms with van der Waals surface area (Å²) in [5, 5.41) is 2.01. The van der Waals surface area contributed by atoms with Crippen molar-refractivity contribution in [3.63, 3.8) is 0 Å². The lowest BCUT2D eigenvalue weighted by Crippen LogP contribution is -2.48. The quantitative estimate of drug-likeness (QED) is 0.422. The van der Waals surface area contributed by atoms with E-state index in [2.05, 4.69) is 34.8 Å². The van der Waals surface area contributed by atoms with E-state index in [4.69, 9.17) is 11.6 Å². The van der Waals surface area contributed by atoms with Crippen LogP contribution in [0.1, 0.15) is 15.3 Å². The molecule has 0 aromatic carbocycles. The van der Waals surface area contributed by atoms with Gasteiger partial charge >= 0.3 is 0 Å². The summed E-state index contributed by atoms with van der Waals surface area (Å²) in [5.41, 5.74) is 1.22. The van der Waals surface area contributed by atoms with Gasteiger partial charge in [-0.1, -0.05) is 23.4 Å². The second-order valence-corrected chi connectivity index (χ2v) is 10.8. The monoisotopic (exact) mass is 452 g/mol. The van der Waals surface area contributed by atoms with Gasteiger partial charge in [0.2, 0.25) is 5.91 Å². The molecule has 1 fully saturated rings. The van der Waals surface area contributed by atoms with E-state index in [0.717, 1.165) is 52.3 Å². The van der Waals surface area contributed by atoms with Crippen molar-refractivity contribution in [3.8, 4) is 0 Å². The predicted octanol–water partition coefficient (Wildman–Crippen LogP) is 4.46. The van der Waals surface area contributed by atoms with Gasteiger partial charge in [-0.2, -0.15) is 0 Å². The number of amides is 1. The zero-order chi connectivity index (χ0) is 19.7. The van der Waals surface area contributed by atoms with Gasteiger partial charge in [0.05, 0.1) is 10.1 Å². The Labute approximate surface area is 181 Å². The lowest BCUT2D eigenvalue weighted by Gasteiger charge is -2.34. The first kappa shape index (κ1) is 20.1. The van der Waals surface area contributed by atoms with Crippen LogP contribution in [0, 0.1) is 13.8 Å². The molecule has 3 aromatic rings. The number of thioether (sulfide) groups is 1. The molecule has 0 aliphatic carbocycles. The van der Waals surface area contributed by atoms with Crippen molar-refractivity contribution >= 4 is 62.2 Å². The molecule has 4 rings (SSSR count). The number of aryl methyl sites for hydroxylation is 2. The van der Waals surface area contributed by atoms with Crippen molar-refractivity contribution in [2.75, 3.05) is 31.9 Å². The number of hydrogen-bond donors (Lipinski definition) is 0. The van der Waals surface area contributed by atoms with Crippen LogP contribution in [-0.4, -0.2) is 57.6 Å². The molecule has 4 heterocycles. The first-order valence-electron chi connectivity index (χ1n) is 9.09. The van der Waals surface area contributed by atoms with Gasteiger partial charge in [0.1, 0.15) is 16.2 Å². The van der Waals surface area contributed by atoms with E-state index in [9.17, 15) is 4.79 Å². The molecule has 1 aliphatic rings. The molecule has 0 bridgehead atoms. The summed E-state index contributed by atoms with van der Waals surface area (Å²) in [6.07, 6.45) is 1.60. The van der Waals surface area contributed by atoms with Crippen LogP contribution >= 0.6 is 46.0 Å². The van der Waals surface area contributed by atoms with Crippen LogP contribution in [-0.2, 0) is 11.3 Å². The number of halogens is 1. The minimum atomic E-state index is 0.181. The van der Waals surface area contributed by atoms with Crippen LogP contribution in [0.3, 0.4) is 0 Å². The van der Waals surface area contributed by atoms with Crippen LogP contribution in [0.15, 0.2) is 23.5 Å². The van der Waals surface area contributed by atoms with Crippen molar-refractivity contribution in [3.05, 3.63) is 38.1 Å². The first-order chi connectivity index (χ1) is 13.5. The number of carbonyl (C=O) groups excluding carboxylic acids is 1. The summed E-state index contributed by atoms with van der Waals surface area (Å²) in [7, 11) is 0. The van der Waals surface area contributed by atoms with Crippen molar-refractivity contribution < 1.29 is 4.79 Å². The summed E-state index contributed by atoms with van der Waals surface area (Å²) >= 11 is 10.8. The molecular formula is C19H21ClN4OS3. The summed E-state index contributed by atoms with van der Waals surface area (Å²) in [4.78, 5) is 29.4. The number of aromatic nitrogens is 2. The van der Waals surface area contributed by atoms with Gasteiger partial charge in [-0.05, 0) is 31.5 Å². The summed E-state index contributed by atoms with van der Waals surface area (Å²) in [6.45, 7) is 8.44. The Morgan fingerprint density at radius 1 is 1.18 bits per heavy atom. The molecule has 0 spiro atoms. The lowest BCUT2D eigenvalue weighted by molar-refractivity contribution is -0.130. The van der Waals surface area contributed by atoms with E-state index < -0.39 is 0 Å². The third-order valence-corrected chi connectivity index (χ3v) is 8.30. The largest absolute Gasteiger partial charge is 0.339 e. The van der Waals surface area contributed by atoms with Crippen LogP contribution in [0.4, 0.5) is 0 Å². The molecule has 148 valence electrons. The predicted molar refractivity (Wildman–Crippen MR) is 119 cm³/mol. The maximum Gasteiger partial charge on any atom is 0.233 e. The van der Waals surface area contributed by atoms with Gasteiger partial charge in [-0.25, -0.2) is 9.97 Å². The van der Waals surface area contributed by atoms with Crippen LogP contribution in [0.2, 0.25) is 4.34 Å². The van der Waals surface area contributed by atoms with Gasteiger partial charge in [0, 0.05) is 47.9 Å². The zero-order valence-electron chi connectivity index (χ0n) is 15.8. The lowest BCUT2D eigenvalue weighted by atomic mass is 10.2. The summed E-state index contributed by atoms with van der Waals surface area (Å²) in [6, 6.07) is 4.02. The van der Waals surface area contributed by atoms with Gasteiger partial charge in [0.15, 0.2) is 0 Å². The minimum absolute atomic E-state index is 0.181. The van der Waals surface area contributed by atoms with Crippen LogP contribution in [0.25, 0.3) is 10.2 Å². The number of carbonyl (C=O) groups is 1. The number of piperazine rings is 1. The van der Waals surface area contributed by atoms with Crippen molar-refractivity contribution in [1.82, 2.24) is 19.8 Å². The molecule has 0 atom stereocenters. The van der Waals surface area contributed by atoms with Gasteiger partial charge in [-0.15, -0.1) is 22.7 Å². The molecule has 1 amide bonds. The molecule has 9 heteroatoms. The second-order valence-electron chi connectivity index (χ2n) is 6.79. The highest BCUT2D eigenvalue weighted by Gasteiger charge is 2.22. The van der Waals surface area contributed by atoms with Gasteiger partial charge in [-0.3, -0.25) is 9.69 Å². The molecular weight excluding hydrogens is 432 g/mol. The third kappa shape index (κ3) is 4.36. The number of rotatable bonds is 5. The van der Waals surface area contributed by atoms with E-state index in [-0.39, 0.29) is 5.91 Å². The van der Waals surface area contributed by atoms with Crippen molar-refractivity contribution in [2.24, 2.45) is 0 Å². The van der Waals surface area contributed by atoms with Crippen LogP contribution < -0.4 is 0 Å². The maximum atomic E-state index is 12.7. The molecule has 5 nitrogen and oxygen atoms in total. The van der Waals surface area contributed by atoms with Crippen LogP contribution in [0.5, 0.6) is 0 Å². The standard InChI is InChI=1S/C19H21ClN4OS3/c1-12-13(2)27-19-17(12)18(21-11-22-19)26-10-16(25)24-7-5-23(6-8-24)9-14-3-4-15(20)28-14/h3-4,11H,5-10H2,1-2H3. The Bertz CT molecular complexity index is 994. The highest BCUT2D eigenvalue weighted by atomic mass is 35.5. The Balaban J connectivity index is 1.32. The van der Waals surface area contributed by atoms with E-state index in [1.807, 2.05) is 11.0 Å². The third-order valence-electron chi connectivity index (χ3n) is 5.00. The van der Waals surface area contributed by atoms with E-state index in [1.54, 1.807) is 29.0 Å². The van der Waals surface area contributed by atoms with E-state index in [1.165, 1.54) is 27.1 Å². The molecule has 3 aromatic heterocycles. The Morgan fingerprint density at radius 3 is 2.68 bits per heavy atom. The SMILES string of the molecule is Cc1sc2ncnc(SCC(=O)N3CCN(Cc4ccc(Cl)s4)CC3)c2c1C. The fourth-order valence-corrected chi connectivity index (χ4v) is 6.44. The molecule has 1 saturated heterocycles. The molecule has 1 aliphatic heterocycles. The van der Waals surface area contributed by atoms with Gasteiger partial charge < -0.3 is 4.90 Å². The van der Waals surface area contributed by atoms with E-state index in [0.29, 0.717) is 5.75 Å². The molecule has 0 N–H and O–H groups in total. The number of thiophene rings is 2. The minimum Gasteiger partial charge on any atom is -0.339 e. The summed E-state index contributed by atoms with van der Waals surface area (Å²) < 4.78 is 0.829. The number of fused-ring (bicyclic) bond motifs is 1. The number of nitrogens with zero attached hydrogens (tertiary/aromatic N) is 4. The average Bonchev–Trinajstić information content (AvgIpc) is 3.23. The van der Waals surface area contributed by atoms with Crippen molar-refractivity contribution in [2.45, 2.75) is 25.4 Å². The molecule has 0 saturated carbocycles. The number of hydrogen-bond acceptors (Lipinski definition) is 7. The highest BCUT2D eigenvalue weighted by molar-refractivity contribution is 8.00. The van der Waals surface area contributed by atoms with Gasteiger partial charge in [0.25, 0.3) is 0 Å². The summed E-state index contributed by atoms with van der Waals surface area (Å²) in [5.74, 6) is 0.598. The molecule has 0 unspecified atom stereocenters. The topological polar surface area (TPSA) is 49.3 Å². The molecule has 0 radical (unpaired) electrons. The second kappa shape index (κ2) is 8.67. The molecule has 28 heavy (non-hydrogen) atoms. The average molecular weight is 453 g/mol. The normalized spacial score (nSPS) is 15.5. The zero-order valence-corrected chi connectivity index (χ0v) is 19.0. The Hall–Kier alpha value is -1.19. The first-order valence-corrected chi connectivity index (χ1v) is 12.1. The van der Waals surface area contributed by atoms with E-state index >= 15 is 0 Å².